The zero-order chi connectivity index (χ0) is 10.5. The van der Waals surface area contributed by atoms with Crippen molar-refractivity contribution >= 4 is 16.0 Å². The summed E-state index contributed by atoms with van der Waals surface area (Å²) in [5.41, 5.74) is 0. The van der Waals surface area contributed by atoms with Crippen molar-refractivity contribution in [1.29, 1.82) is 0 Å². The quantitative estimate of drug-likeness (QED) is 0.516. The van der Waals surface area contributed by atoms with Crippen LogP contribution in [0.25, 0.3) is 0 Å². The highest BCUT2D eigenvalue weighted by atomic mass is 32.2. The van der Waals surface area contributed by atoms with Crippen LogP contribution in [0.2, 0.25) is 0 Å². The molecule has 1 N–H and O–H groups in total. The number of amides is 1. The molecule has 0 aromatic carbocycles. The summed E-state index contributed by atoms with van der Waals surface area (Å²) in [6.45, 7) is 1.68. The molecule has 0 heterocycles. The van der Waals surface area contributed by atoms with Crippen LogP contribution >= 0.6 is 0 Å². The number of carbonyl (C=O) groups is 1. The van der Waals surface area contributed by atoms with E-state index in [-0.39, 0.29) is 12.5 Å². The van der Waals surface area contributed by atoms with Gasteiger partial charge < -0.3 is 4.90 Å². The minimum absolute atomic E-state index is 0.0119. The van der Waals surface area contributed by atoms with Gasteiger partial charge in [0.15, 0.2) is 0 Å². The number of likely N-dealkylation sites (N-methyl/N-ethyl adjacent to an activating group) is 1. The van der Waals surface area contributed by atoms with Gasteiger partial charge in [-0.15, -0.1) is 0 Å². The number of carbonyl (C=O) groups excluding carboxylic acids is 1. The lowest BCUT2D eigenvalue weighted by Gasteiger charge is -2.13. The van der Waals surface area contributed by atoms with Crippen LogP contribution in [-0.2, 0) is 14.9 Å². The Bertz CT molecular complexity index is 294. The Morgan fingerprint density at radius 3 is 2.46 bits per heavy atom. The van der Waals surface area contributed by atoms with E-state index in [9.17, 15) is 13.2 Å². The Morgan fingerprint density at radius 2 is 2.08 bits per heavy atom. The van der Waals surface area contributed by atoms with Crippen molar-refractivity contribution in [2.45, 2.75) is 6.92 Å². The van der Waals surface area contributed by atoms with Gasteiger partial charge in [0, 0.05) is 13.6 Å². The van der Waals surface area contributed by atoms with Crippen molar-refractivity contribution in [3.63, 3.8) is 0 Å². The van der Waals surface area contributed by atoms with E-state index in [0.717, 1.165) is 0 Å². The van der Waals surface area contributed by atoms with Crippen molar-refractivity contribution in [3.8, 4) is 0 Å². The fraction of sp³-hybridized carbons (Fsp3) is 0.571. The molecular weight excluding hydrogens is 194 g/mol. The third-order valence-corrected chi connectivity index (χ3v) is 2.07. The van der Waals surface area contributed by atoms with Crippen LogP contribution in [0.3, 0.4) is 0 Å². The molecule has 0 spiro atoms. The van der Waals surface area contributed by atoms with Gasteiger partial charge in [0.2, 0.25) is 5.91 Å². The van der Waals surface area contributed by atoms with E-state index in [1.54, 1.807) is 13.0 Å². The van der Waals surface area contributed by atoms with Gasteiger partial charge >= 0.3 is 0 Å². The topological polar surface area (TPSA) is 74.7 Å². The minimum atomic E-state index is -3.99. The number of hydrogen-bond acceptors (Lipinski definition) is 3. The van der Waals surface area contributed by atoms with Gasteiger partial charge in [-0.2, -0.15) is 8.42 Å². The smallest absolute Gasteiger partial charge is 0.266 e. The van der Waals surface area contributed by atoms with Crippen LogP contribution in [-0.4, -0.2) is 43.1 Å². The first kappa shape index (κ1) is 12.1. The minimum Gasteiger partial charge on any atom is -0.341 e. The summed E-state index contributed by atoms with van der Waals surface area (Å²) in [6.07, 6.45) is 2.89. The maximum absolute atomic E-state index is 11.0. The Hall–Kier alpha value is -0.880. The summed E-state index contributed by atoms with van der Waals surface area (Å²) in [5.74, 6) is -0.724. The summed E-state index contributed by atoms with van der Waals surface area (Å²) in [4.78, 5) is 12.2. The Kier molecular flexibility index (Phi) is 4.64. The first-order valence-electron chi connectivity index (χ1n) is 3.70. The molecule has 0 saturated heterocycles. The number of nitrogens with zero attached hydrogens (tertiary/aromatic N) is 1. The molecule has 0 rings (SSSR count). The second kappa shape index (κ2) is 4.98. The zero-order valence-electron chi connectivity index (χ0n) is 7.60. The standard InChI is InChI=1S/C7H13NO4S/c1-3-4-7(9)8(2)5-6-13(10,11)12/h3-4H,5-6H2,1-2H3,(H,10,11,12). The van der Waals surface area contributed by atoms with Crippen LogP contribution < -0.4 is 0 Å². The first-order chi connectivity index (χ1) is 5.87. The molecule has 0 aromatic heterocycles. The Morgan fingerprint density at radius 1 is 1.54 bits per heavy atom. The molecule has 0 fully saturated rings. The lowest BCUT2D eigenvalue weighted by Crippen LogP contribution is -2.30. The van der Waals surface area contributed by atoms with E-state index in [2.05, 4.69) is 0 Å². The van der Waals surface area contributed by atoms with Crippen LogP contribution in [0.1, 0.15) is 6.92 Å². The van der Waals surface area contributed by atoms with Crippen LogP contribution in [0.15, 0.2) is 12.2 Å². The summed E-state index contributed by atoms with van der Waals surface area (Å²) in [6, 6.07) is 0. The SMILES string of the molecule is CC=CC(=O)N(C)CCS(=O)(=O)O. The molecule has 0 unspecified atom stereocenters. The third kappa shape index (κ3) is 6.30. The largest absolute Gasteiger partial charge is 0.341 e. The molecule has 0 aromatic rings. The number of hydrogen-bond donors (Lipinski definition) is 1. The molecule has 0 aliphatic rings. The molecule has 13 heavy (non-hydrogen) atoms. The van der Waals surface area contributed by atoms with Gasteiger partial charge in [0.25, 0.3) is 10.1 Å². The molecule has 0 saturated carbocycles. The molecule has 0 aliphatic carbocycles. The molecule has 0 aliphatic heterocycles. The van der Waals surface area contributed by atoms with Gasteiger partial charge in [-0.3, -0.25) is 9.35 Å². The van der Waals surface area contributed by atoms with Crippen molar-refractivity contribution < 1.29 is 17.8 Å². The third-order valence-electron chi connectivity index (χ3n) is 1.37. The summed E-state index contributed by atoms with van der Waals surface area (Å²) < 4.78 is 29.0. The van der Waals surface area contributed by atoms with Crippen molar-refractivity contribution in [2.24, 2.45) is 0 Å². The van der Waals surface area contributed by atoms with Crippen molar-refractivity contribution in [2.75, 3.05) is 19.3 Å². The fourth-order valence-corrected chi connectivity index (χ4v) is 1.14. The Balaban J connectivity index is 4.02. The normalized spacial score (nSPS) is 11.9. The predicted molar refractivity (Wildman–Crippen MR) is 48.9 cm³/mol. The first-order valence-corrected chi connectivity index (χ1v) is 5.30. The van der Waals surface area contributed by atoms with E-state index < -0.39 is 15.9 Å². The number of rotatable bonds is 4. The molecule has 0 atom stereocenters. The highest BCUT2D eigenvalue weighted by Gasteiger charge is 2.09. The molecule has 0 radical (unpaired) electrons. The predicted octanol–water partition coefficient (Wildman–Crippen LogP) is -0.0913. The zero-order valence-corrected chi connectivity index (χ0v) is 8.41. The van der Waals surface area contributed by atoms with Crippen LogP contribution in [0, 0.1) is 0 Å². The van der Waals surface area contributed by atoms with Crippen LogP contribution in [0.4, 0.5) is 0 Å². The fourth-order valence-electron chi connectivity index (χ4n) is 0.632. The Labute approximate surface area is 77.8 Å². The summed E-state index contributed by atoms with van der Waals surface area (Å²) in [7, 11) is -2.52. The van der Waals surface area contributed by atoms with Crippen molar-refractivity contribution in [1.82, 2.24) is 4.90 Å². The molecule has 0 bridgehead atoms. The van der Waals surface area contributed by atoms with Gasteiger partial charge in [0.05, 0.1) is 5.75 Å². The summed E-state index contributed by atoms with van der Waals surface area (Å²) in [5, 5.41) is 0. The van der Waals surface area contributed by atoms with Gasteiger partial charge in [-0.1, -0.05) is 6.08 Å². The summed E-state index contributed by atoms with van der Waals surface area (Å²) >= 11 is 0. The molecule has 76 valence electrons. The molecule has 6 heteroatoms. The van der Waals surface area contributed by atoms with E-state index in [4.69, 9.17) is 4.55 Å². The average molecular weight is 207 g/mol. The monoisotopic (exact) mass is 207 g/mol. The van der Waals surface area contributed by atoms with E-state index in [1.165, 1.54) is 18.0 Å². The molecular formula is C7H13NO4S. The molecule has 1 amide bonds. The number of allylic oxidation sites excluding steroid dienone is 1. The van der Waals surface area contributed by atoms with Gasteiger partial charge in [-0.05, 0) is 13.0 Å². The highest BCUT2D eigenvalue weighted by Crippen LogP contribution is 1.90. The second-order valence-electron chi connectivity index (χ2n) is 2.55. The highest BCUT2D eigenvalue weighted by molar-refractivity contribution is 7.85. The maximum atomic E-state index is 11.0. The van der Waals surface area contributed by atoms with E-state index in [0.29, 0.717) is 0 Å². The van der Waals surface area contributed by atoms with E-state index in [1.807, 2.05) is 0 Å². The van der Waals surface area contributed by atoms with Crippen LogP contribution in [0.5, 0.6) is 0 Å². The van der Waals surface area contributed by atoms with Crippen molar-refractivity contribution in [3.05, 3.63) is 12.2 Å². The maximum Gasteiger partial charge on any atom is 0.266 e. The second-order valence-corrected chi connectivity index (χ2v) is 4.12. The van der Waals surface area contributed by atoms with E-state index >= 15 is 0 Å². The lowest BCUT2D eigenvalue weighted by atomic mass is 10.4. The molecule has 5 nitrogen and oxygen atoms in total. The lowest BCUT2D eigenvalue weighted by molar-refractivity contribution is -0.124. The van der Waals surface area contributed by atoms with Gasteiger partial charge in [0.1, 0.15) is 0 Å². The average Bonchev–Trinajstić information content (AvgIpc) is 1.99. The van der Waals surface area contributed by atoms with Gasteiger partial charge in [-0.25, -0.2) is 0 Å².